The summed E-state index contributed by atoms with van der Waals surface area (Å²) in [5, 5.41) is 26.7. The van der Waals surface area contributed by atoms with Crippen molar-refractivity contribution in [2.45, 2.75) is 12.5 Å². The number of hydrogen-bond donors (Lipinski definition) is 0. The highest BCUT2D eigenvalue weighted by Gasteiger charge is 2.30. The van der Waals surface area contributed by atoms with Gasteiger partial charge >= 0.3 is 0 Å². The summed E-state index contributed by atoms with van der Waals surface area (Å²) in [7, 11) is 0. The summed E-state index contributed by atoms with van der Waals surface area (Å²) < 4.78 is 0. The van der Waals surface area contributed by atoms with Crippen LogP contribution in [0.15, 0.2) is 84.0 Å². The van der Waals surface area contributed by atoms with Crippen LogP contribution in [0.1, 0.15) is 29.2 Å². The van der Waals surface area contributed by atoms with Gasteiger partial charge in [-0.25, -0.2) is 0 Å². The Morgan fingerprint density at radius 1 is 1.00 bits per heavy atom. The summed E-state index contributed by atoms with van der Waals surface area (Å²) in [6, 6.07) is 26.0. The van der Waals surface area contributed by atoms with Crippen LogP contribution in [0.2, 0.25) is 0 Å². The first-order chi connectivity index (χ1) is 13.7. The standard InChI is InChI=1S/C22H16N4O2/c23-15-16-6-8-17(9-7-16)21-14-22(18-4-2-1-3-5-18)25(24-21)19-10-12-20(13-11-19)26(27)28/h1-13,22H,14H2. The SMILES string of the molecule is N#Cc1ccc(C2=NN(c3ccc([N+](=O)[O-])cc3)C(c3ccccc3)C2)cc1. The maximum Gasteiger partial charge on any atom is 0.269 e. The quantitative estimate of drug-likeness (QED) is 0.488. The molecule has 0 saturated carbocycles. The van der Waals surface area contributed by atoms with E-state index in [9.17, 15) is 10.1 Å². The number of nitro benzene ring substituents is 1. The number of nitrogens with zero attached hydrogens (tertiary/aromatic N) is 4. The topological polar surface area (TPSA) is 82.5 Å². The van der Waals surface area contributed by atoms with Crippen molar-refractivity contribution in [1.82, 2.24) is 0 Å². The maximum absolute atomic E-state index is 11.0. The highest BCUT2D eigenvalue weighted by molar-refractivity contribution is 6.03. The van der Waals surface area contributed by atoms with Gasteiger partial charge in [0.2, 0.25) is 0 Å². The zero-order valence-electron chi connectivity index (χ0n) is 14.9. The molecule has 1 unspecified atom stereocenters. The average Bonchev–Trinajstić information content (AvgIpc) is 3.20. The van der Waals surface area contributed by atoms with Crippen LogP contribution >= 0.6 is 0 Å². The fourth-order valence-electron chi connectivity index (χ4n) is 3.32. The van der Waals surface area contributed by atoms with Crippen molar-refractivity contribution in [2.24, 2.45) is 5.10 Å². The highest BCUT2D eigenvalue weighted by Crippen LogP contribution is 2.37. The first-order valence-corrected chi connectivity index (χ1v) is 8.82. The Morgan fingerprint density at radius 2 is 1.68 bits per heavy atom. The second kappa shape index (κ2) is 7.33. The Bertz CT molecular complexity index is 1070. The lowest BCUT2D eigenvalue weighted by Gasteiger charge is -2.23. The molecule has 0 radical (unpaired) electrons. The number of benzene rings is 3. The molecule has 0 spiro atoms. The minimum atomic E-state index is -0.409. The third-order valence-electron chi connectivity index (χ3n) is 4.77. The van der Waals surface area contributed by atoms with Gasteiger partial charge in [0, 0.05) is 18.6 Å². The van der Waals surface area contributed by atoms with Gasteiger partial charge in [-0.2, -0.15) is 10.4 Å². The Morgan fingerprint density at radius 3 is 2.29 bits per heavy atom. The molecule has 1 aliphatic rings. The summed E-state index contributed by atoms with van der Waals surface area (Å²) in [4.78, 5) is 10.5. The summed E-state index contributed by atoms with van der Waals surface area (Å²) in [6.07, 6.45) is 0.701. The van der Waals surface area contributed by atoms with Gasteiger partial charge in [0.05, 0.1) is 34.0 Å². The number of nitro groups is 1. The summed E-state index contributed by atoms with van der Waals surface area (Å²) in [6.45, 7) is 0. The van der Waals surface area contributed by atoms with E-state index >= 15 is 0 Å². The maximum atomic E-state index is 11.0. The predicted molar refractivity (Wildman–Crippen MR) is 107 cm³/mol. The van der Waals surface area contributed by atoms with Crippen LogP contribution in [0.25, 0.3) is 0 Å². The van der Waals surface area contributed by atoms with Crippen LogP contribution in [0, 0.1) is 21.4 Å². The second-order valence-electron chi connectivity index (χ2n) is 6.48. The van der Waals surface area contributed by atoms with Gasteiger partial charge in [0.15, 0.2) is 0 Å². The first kappa shape index (κ1) is 17.4. The molecule has 0 amide bonds. The number of non-ortho nitro benzene ring substituents is 1. The largest absolute Gasteiger partial charge is 0.269 e. The Balaban J connectivity index is 1.72. The molecular formula is C22H16N4O2. The van der Waals surface area contributed by atoms with Gasteiger partial charge in [0.25, 0.3) is 5.69 Å². The molecule has 4 rings (SSSR count). The molecule has 136 valence electrons. The van der Waals surface area contributed by atoms with E-state index in [2.05, 4.69) is 18.2 Å². The zero-order chi connectivity index (χ0) is 19.5. The zero-order valence-corrected chi connectivity index (χ0v) is 14.9. The fraction of sp³-hybridized carbons (Fsp3) is 0.0909. The molecule has 0 fully saturated rings. The van der Waals surface area contributed by atoms with Gasteiger partial charge < -0.3 is 0 Å². The molecule has 3 aromatic rings. The minimum absolute atomic E-state index is 0.00620. The molecule has 1 heterocycles. The van der Waals surface area contributed by atoms with Crippen LogP contribution in [0.3, 0.4) is 0 Å². The second-order valence-corrected chi connectivity index (χ2v) is 6.48. The molecule has 28 heavy (non-hydrogen) atoms. The number of rotatable bonds is 4. The molecule has 3 aromatic carbocycles. The number of anilines is 1. The van der Waals surface area contributed by atoms with E-state index in [0.717, 1.165) is 22.5 Å². The minimum Gasteiger partial charge on any atom is -0.258 e. The molecule has 0 aliphatic carbocycles. The van der Waals surface area contributed by atoms with Crippen molar-refractivity contribution < 1.29 is 4.92 Å². The number of nitriles is 1. The van der Waals surface area contributed by atoms with Crippen molar-refractivity contribution in [2.75, 3.05) is 5.01 Å². The first-order valence-electron chi connectivity index (χ1n) is 8.82. The lowest BCUT2D eigenvalue weighted by atomic mass is 9.98. The molecule has 6 nitrogen and oxygen atoms in total. The van der Waals surface area contributed by atoms with Gasteiger partial charge in [-0.3, -0.25) is 15.1 Å². The smallest absolute Gasteiger partial charge is 0.258 e. The van der Waals surface area contributed by atoms with Crippen molar-refractivity contribution in [1.29, 1.82) is 5.26 Å². The number of hydrazone groups is 1. The van der Waals surface area contributed by atoms with Crippen molar-refractivity contribution in [3.63, 3.8) is 0 Å². The van der Waals surface area contributed by atoms with Crippen LogP contribution in [0.4, 0.5) is 11.4 Å². The van der Waals surface area contributed by atoms with E-state index in [4.69, 9.17) is 10.4 Å². The molecule has 1 atom stereocenters. The Kier molecular flexibility index (Phi) is 4.56. The van der Waals surface area contributed by atoms with Crippen molar-refractivity contribution >= 4 is 17.1 Å². The van der Waals surface area contributed by atoms with Gasteiger partial charge in [-0.1, -0.05) is 42.5 Å². The van der Waals surface area contributed by atoms with Crippen LogP contribution in [0.5, 0.6) is 0 Å². The van der Waals surface area contributed by atoms with Gasteiger partial charge in [0.1, 0.15) is 0 Å². The van der Waals surface area contributed by atoms with E-state index in [0.29, 0.717) is 12.0 Å². The normalized spacial score (nSPS) is 15.8. The van der Waals surface area contributed by atoms with E-state index in [-0.39, 0.29) is 11.7 Å². The third kappa shape index (κ3) is 3.33. The van der Waals surface area contributed by atoms with E-state index in [1.807, 2.05) is 35.3 Å². The predicted octanol–water partition coefficient (Wildman–Crippen LogP) is 4.82. The molecule has 0 aromatic heterocycles. The van der Waals surface area contributed by atoms with Crippen LogP contribution in [-0.2, 0) is 0 Å². The van der Waals surface area contributed by atoms with Crippen LogP contribution in [-0.4, -0.2) is 10.6 Å². The van der Waals surface area contributed by atoms with Gasteiger partial charge in [-0.15, -0.1) is 0 Å². The molecular weight excluding hydrogens is 352 g/mol. The van der Waals surface area contributed by atoms with E-state index in [1.165, 1.54) is 12.1 Å². The Hall–Kier alpha value is -3.98. The summed E-state index contributed by atoms with van der Waals surface area (Å²) in [5.41, 5.74) is 4.45. The Labute approximate surface area is 162 Å². The monoisotopic (exact) mass is 368 g/mol. The lowest BCUT2D eigenvalue weighted by Crippen LogP contribution is -2.18. The van der Waals surface area contributed by atoms with E-state index < -0.39 is 4.92 Å². The molecule has 1 aliphatic heterocycles. The number of hydrogen-bond acceptors (Lipinski definition) is 5. The van der Waals surface area contributed by atoms with Crippen molar-refractivity contribution in [3.05, 3.63) is 106 Å². The summed E-state index contributed by atoms with van der Waals surface area (Å²) in [5.74, 6) is 0. The highest BCUT2D eigenvalue weighted by atomic mass is 16.6. The average molecular weight is 368 g/mol. The van der Waals surface area contributed by atoms with Crippen molar-refractivity contribution in [3.8, 4) is 6.07 Å². The third-order valence-corrected chi connectivity index (χ3v) is 4.77. The summed E-state index contributed by atoms with van der Waals surface area (Å²) >= 11 is 0. The van der Waals surface area contributed by atoms with Gasteiger partial charge in [-0.05, 0) is 35.4 Å². The molecule has 0 N–H and O–H groups in total. The lowest BCUT2D eigenvalue weighted by molar-refractivity contribution is -0.384. The van der Waals surface area contributed by atoms with Crippen LogP contribution < -0.4 is 5.01 Å². The fourth-order valence-corrected chi connectivity index (χ4v) is 3.32. The molecule has 0 saturated heterocycles. The van der Waals surface area contributed by atoms with E-state index in [1.54, 1.807) is 24.3 Å². The molecule has 0 bridgehead atoms. The molecule has 6 heteroatoms.